The van der Waals surface area contributed by atoms with Crippen molar-refractivity contribution in [2.24, 2.45) is 0 Å². The standard InChI is InChI=1S/C26H24N4O3/c1-17-21(25(31)29-20-8-3-2-4-9-20)16-27-24(28-17)18-11-13-30(14-12-18)26(32)23-15-19-7-5-6-10-22(19)33-23/h2-10,15-16,18H,11-14H2,1H3,(H,29,31). The molecule has 0 radical (unpaired) electrons. The maximum atomic E-state index is 12.9. The molecule has 33 heavy (non-hydrogen) atoms. The number of carbonyl (C=O) groups is 2. The molecule has 1 fully saturated rings. The maximum absolute atomic E-state index is 12.9. The summed E-state index contributed by atoms with van der Waals surface area (Å²) < 4.78 is 5.73. The highest BCUT2D eigenvalue weighted by atomic mass is 16.3. The van der Waals surface area contributed by atoms with Gasteiger partial charge in [0, 0.05) is 36.3 Å². The summed E-state index contributed by atoms with van der Waals surface area (Å²) in [5, 5.41) is 3.80. The summed E-state index contributed by atoms with van der Waals surface area (Å²) in [6.45, 7) is 3.05. The van der Waals surface area contributed by atoms with E-state index in [9.17, 15) is 9.59 Å². The predicted octanol–water partition coefficient (Wildman–Crippen LogP) is 4.80. The summed E-state index contributed by atoms with van der Waals surface area (Å²) in [7, 11) is 0. The van der Waals surface area contributed by atoms with Gasteiger partial charge in [-0.05, 0) is 44.0 Å². The zero-order chi connectivity index (χ0) is 22.8. The third-order valence-corrected chi connectivity index (χ3v) is 6.06. The minimum atomic E-state index is -0.225. The number of nitrogens with zero attached hydrogens (tertiary/aromatic N) is 3. The molecule has 2 aromatic heterocycles. The number of aryl methyl sites for hydroxylation is 1. The summed E-state index contributed by atoms with van der Waals surface area (Å²) in [6, 6.07) is 18.7. The van der Waals surface area contributed by atoms with Gasteiger partial charge in [0.1, 0.15) is 11.4 Å². The first kappa shape index (κ1) is 20.9. The van der Waals surface area contributed by atoms with Crippen LogP contribution in [-0.2, 0) is 0 Å². The first-order valence-corrected chi connectivity index (χ1v) is 11.1. The van der Waals surface area contributed by atoms with Gasteiger partial charge in [0.05, 0.1) is 11.3 Å². The molecule has 2 aromatic carbocycles. The molecule has 0 saturated carbocycles. The van der Waals surface area contributed by atoms with Crippen LogP contribution >= 0.6 is 0 Å². The minimum absolute atomic E-state index is 0.0883. The summed E-state index contributed by atoms with van der Waals surface area (Å²) in [5.74, 6) is 0.927. The molecule has 1 aliphatic heterocycles. The van der Waals surface area contributed by atoms with Crippen molar-refractivity contribution >= 4 is 28.5 Å². The van der Waals surface area contributed by atoms with Crippen molar-refractivity contribution in [3.8, 4) is 0 Å². The number of carbonyl (C=O) groups excluding carboxylic acids is 2. The van der Waals surface area contributed by atoms with Gasteiger partial charge in [0.2, 0.25) is 0 Å². The zero-order valence-electron chi connectivity index (χ0n) is 18.3. The number of fused-ring (bicyclic) bond motifs is 1. The average molecular weight is 441 g/mol. The highest BCUT2D eigenvalue weighted by molar-refractivity contribution is 6.04. The van der Waals surface area contributed by atoms with Crippen molar-refractivity contribution in [2.75, 3.05) is 18.4 Å². The second kappa shape index (κ2) is 8.86. The van der Waals surface area contributed by atoms with Crippen LogP contribution in [0.15, 0.2) is 71.3 Å². The Morgan fingerprint density at radius 2 is 1.76 bits per heavy atom. The third-order valence-electron chi connectivity index (χ3n) is 6.06. The summed E-state index contributed by atoms with van der Waals surface area (Å²) in [4.78, 5) is 36.4. The van der Waals surface area contributed by atoms with Crippen LogP contribution in [0.5, 0.6) is 0 Å². The van der Waals surface area contributed by atoms with Crippen LogP contribution in [0.25, 0.3) is 11.0 Å². The van der Waals surface area contributed by atoms with E-state index >= 15 is 0 Å². The lowest BCUT2D eigenvalue weighted by Crippen LogP contribution is -2.38. The fraction of sp³-hybridized carbons (Fsp3) is 0.231. The largest absolute Gasteiger partial charge is 0.451 e. The Labute approximate surface area is 191 Å². The first-order chi connectivity index (χ1) is 16.1. The molecule has 166 valence electrons. The van der Waals surface area contributed by atoms with Crippen LogP contribution in [-0.4, -0.2) is 39.8 Å². The number of para-hydroxylation sites is 2. The molecule has 1 aliphatic rings. The van der Waals surface area contributed by atoms with Gasteiger partial charge in [0.25, 0.3) is 11.8 Å². The molecular formula is C26H24N4O3. The van der Waals surface area contributed by atoms with Crippen molar-refractivity contribution in [1.29, 1.82) is 0 Å². The summed E-state index contributed by atoms with van der Waals surface area (Å²) in [6.07, 6.45) is 3.13. The van der Waals surface area contributed by atoms with E-state index in [1.165, 1.54) is 0 Å². The molecule has 7 heteroatoms. The molecule has 1 N–H and O–H groups in total. The summed E-state index contributed by atoms with van der Waals surface area (Å²) in [5.41, 5.74) is 2.55. The lowest BCUT2D eigenvalue weighted by molar-refractivity contribution is 0.0681. The minimum Gasteiger partial charge on any atom is -0.451 e. The Hall–Kier alpha value is -4.00. The second-order valence-corrected chi connectivity index (χ2v) is 8.26. The number of amides is 2. The van der Waals surface area contributed by atoms with Crippen LogP contribution in [0, 0.1) is 6.92 Å². The van der Waals surface area contributed by atoms with Gasteiger partial charge in [0.15, 0.2) is 5.76 Å². The quantitative estimate of drug-likeness (QED) is 0.492. The van der Waals surface area contributed by atoms with E-state index in [0.29, 0.717) is 30.1 Å². The van der Waals surface area contributed by atoms with E-state index in [1.807, 2.05) is 66.4 Å². The molecule has 1 saturated heterocycles. The van der Waals surface area contributed by atoms with Crippen LogP contribution in [0.1, 0.15) is 51.2 Å². The van der Waals surface area contributed by atoms with Gasteiger partial charge in [-0.15, -0.1) is 0 Å². The lowest BCUT2D eigenvalue weighted by Gasteiger charge is -2.30. The second-order valence-electron chi connectivity index (χ2n) is 8.26. The van der Waals surface area contributed by atoms with E-state index in [-0.39, 0.29) is 17.7 Å². The van der Waals surface area contributed by atoms with Crippen LogP contribution < -0.4 is 5.32 Å². The Morgan fingerprint density at radius 1 is 1.03 bits per heavy atom. The Balaban J connectivity index is 1.23. The molecule has 0 unspecified atom stereocenters. The molecular weight excluding hydrogens is 416 g/mol. The maximum Gasteiger partial charge on any atom is 0.289 e. The smallest absolute Gasteiger partial charge is 0.289 e. The monoisotopic (exact) mass is 440 g/mol. The first-order valence-electron chi connectivity index (χ1n) is 11.1. The number of furan rings is 1. The van der Waals surface area contributed by atoms with E-state index in [1.54, 1.807) is 12.3 Å². The normalized spacial score (nSPS) is 14.4. The zero-order valence-corrected chi connectivity index (χ0v) is 18.3. The van der Waals surface area contributed by atoms with E-state index in [0.717, 1.165) is 35.3 Å². The topological polar surface area (TPSA) is 88.3 Å². The van der Waals surface area contributed by atoms with Gasteiger partial charge >= 0.3 is 0 Å². The summed E-state index contributed by atoms with van der Waals surface area (Å²) >= 11 is 0. The molecule has 3 heterocycles. The van der Waals surface area contributed by atoms with E-state index in [2.05, 4.69) is 15.3 Å². The lowest BCUT2D eigenvalue weighted by atomic mass is 9.95. The highest BCUT2D eigenvalue weighted by Crippen LogP contribution is 2.28. The van der Waals surface area contributed by atoms with Gasteiger partial charge in [-0.25, -0.2) is 9.97 Å². The van der Waals surface area contributed by atoms with Crippen molar-refractivity contribution in [1.82, 2.24) is 14.9 Å². The Bertz CT molecular complexity index is 1270. The number of rotatable bonds is 4. The number of likely N-dealkylation sites (tertiary alicyclic amines) is 1. The Kier molecular flexibility index (Phi) is 5.60. The van der Waals surface area contributed by atoms with Gasteiger partial charge < -0.3 is 14.6 Å². The number of nitrogens with one attached hydrogen (secondary N) is 1. The van der Waals surface area contributed by atoms with Crippen molar-refractivity contribution in [3.63, 3.8) is 0 Å². The fourth-order valence-electron chi connectivity index (χ4n) is 4.21. The van der Waals surface area contributed by atoms with Gasteiger partial charge in [-0.2, -0.15) is 0 Å². The Morgan fingerprint density at radius 3 is 2.48 bits per heavy atom. The molecule has 7 nitrogen and oxygen atoms in total. The third kappa shape index (κ3) is 4.35. The molecule has 0 bridgehead atoms. The number of anilines is 1. The van der Waals surface area contributed by atoms with E-state index < -0.39 is 0 Å². The molecule has 5 rings (SSSR count). The van der Waals surface area contributed by atoms with Crippen molar-refractivity contribution in [2.45, 2.75) is 25.7 Å². The van der Waals surface area contributed by atoms with Crippen LogP contribution in [0.2, 0.25) is 0 Å². The van der Waals surface area contributed by atoms with Crippen molar-refractivity contribution in [3.05, 3.63) is 89.7 Å². The highest BCUT2D eigenvalue weighted by Gasteiger charge is 2.28. The number of hydrogen-bond donors (Lipinski definition) is 1. The van der Waals surface area contributed by atoms with Gasteiger partial charge in [-0.1, -0.05) is 36.4 Å². The molecule has 0 atom stereocenters. The van der Waals surface area contributed by atoms with Crippen molar-refractivity contribution < 1.29 is 14.0 Å². The SMILES string of the molecule is Cc1nc(C2CCN(C(=O)c3cc4ccccc4o3)CC2)ncc1C(=O)Nc1ccccc1. The number of aromatic nitrogens is 2. The number of hydrogen-bond acceptors (Lipinski definition) is 5. The van der Waals surface area contributed by atoms with Crippen LogP contribution in [0.3, 0.4) is 0 Å². The molecule has 2 amide bonds. The fourth-order valence-corrected chi connectivity index (χ4v) is 4.21. The predicted molar refractivity (Wildman–Crippen MR) is 125 cm³/mol. The number of benzene rings is 2. The van der Waals surface area contributed by atoms with Crippen LogP contribution in [0.4, 0.5) is 5.69 Å². The molecule has 0 aliphatic carbocycles. The molecule has 0 spiro atoms. The molecule has 4 aromatic rings. The van der Waals surface area contributed by atoms with Gasteiger partial charge in [-0.3, -0.25) is 9.59 Å². The number of piperidine rings is 1. The average Bonchev–Trinajstić information content (AvgIpc) is 3.28. The van der Waals surface area contributed by atoms with E-state index in [4.69, 9.17) is 4.42 Å².